The summed E-state index contributed by atoms with van der Waals surface area (Å²) in [5.41, 5.74) is 1.43. The Balaban J connectivity index is 2.90. The highest BCUT2D eigenvalue weighted by molar-refractivity contribution is 5.79. The van der Waals surface area contributed by atoms with Gasteiger partial charge in [0.1, 0.15) is 11.9 Å². The molecule has 0 saturated carbocycles. The van der Waals surface area contributed by atoms with Crippen LogP contribution in [-0.4, -0.2) is 18.6 Å². The number of ether oxygens (including phenoxy) is 1. The van der Waals surface area contributed by atoms with Gasteiger partial charge in [-0.25, -0.2) is 9.18 Å². The summed E-state index contributed by atoms with van der Waals surface area (Å²) in [6.07, 6.45) is 1.89. The van der Waals surface area contributed by atoms with Crippen molar-refractivity contribution < 1.29 is 13.9 Å². The minimum absolute atomic E-state index is 0.127. The Labute approximate surface area is 120 Å². The molecule has 0 fully saturated rings. The lowest BCUT2D eigenvalue weighted by molar-refractivity contribution is -0.145. The van der Waals surface area contributed by atoms with Crippen molar-refractivity contribution in [1.82, 2.24) is 0 Å². The van der Waals surface area contributed by atoms with Crippen LogP contribution in [0, 0.1) is 18.7 Å². The van der Waals surface area contributed by atoms with Gasteiger partial charge in [-0.15, -0.1) is 0 Å². The van der Waals surface area contributed by atoms with Crippen molar-refractivity contribution in [3.05, 3.63) is 29.6 Å². The fourth-order valence-electron chi connectivity index (χ4n) is 2.29. The van der Waals surface area contributed by atoms with E-state index in [1.165, 1.54) is 12.1 Å². The van der Waals surface area contributed by atoms with Gasteiger partial charge >= 0.3 is 5.97 Å². The largest absolute Gasteiger partial charge is 0.464 e. The van der Waals surface area contributed by atoms with Crippen LogP contribution in [-0.2, 0) is 9.53 Å². The molecule has 20 heavy (non-hydrogen) atoms. The van der Waals surface area contributed by atoms with Gasteiger partial charge < -0.3 is 10.1 Å². The molecular formula is C16H24FNO2. The number of halogens is 1. The number of rotatable bonds is 7. The highest BCUT2D eigenvalue weighted by Crippen LogP contribution is 2.20. The number of aryl methyl sites for hydroxylation is 1. The molecule has 0 aromatic heterocycles. The summed E-state index contributed by atoms with van der Waals surface area (Å²) < 4.78 is 18.5. The molecule has 1 rings (SSSR count). The van der Waals surface area contributed by atoms with E-state index in [1.54, 1.807) is 6.92 Å². The van der Waals surface area contributed by atoms with Gasteiger partial charge in [0.15, 0.2) is 0 Å². The van der Waals surface area contributed by atoms with Gasteiger partial charge in [-0.1, -0.05) is 20.3 Å². The molecule has 0 aliphatic rings. The zero-order valence-corrected chi connectivity index (χ0v) is 12.7. The number of carbonyl (C=O) groups is 1. The molecule has 1 N–H and O–H groups in total. The first-order valence-corrected chi connectivity index (χ1v) is 7.18. The highest BCUT2D eigenvalue weighted by atomic mass is 19.1. The van der Waals surface area contributed by atoms with Gasteiger partial charge in [-0.2, -0.15) is 0 Å². The molecule has 3 nitrogen and oxygen atoms in total. The molecule has 4 heteroatoms. The van der Waals surface area contributed by atoms with E-state index in [0.29, 0.717) is 12.3 Å². The van der Waals surface area contributed by atoms with Crippen LogP contribution >= 0.6 is 0 Å². The fourth-order valence-corrected chi connectivity index (χ4v) is 2.29. The number of hydrogen-bond donors (Lipinski definition) is 1. The Morgan fingerprint density at radius 3 is 2.60 bits per heavy atom. The second-order valence-electron chi connectivity index (χ2n) is 5.16. The van der Waals surface area contributed by atoms with Crippen molar-refractivity contribution in [2.45, 2.75) is 46.6 Å². The maximum atomic E-state index is 13.4. The van der Waals surface area contributed by atoms with Crippen LogP contribution in [0.5, 0.6) is 0 Å². The number of esters is 1. The van der Waals surface area contributed by atoms with Crippen LogP contribution in [0.25, 0.3) is 0 Å². The zero-order valence-electron chi connectivity index (χ0n) is 12.7. The summed E-state index contributed by atoms with van der Waals surface area (Å²) >= 11 is 0. The third kappa shape index (κ3) is 4.83. The van der Waals surface area contributed by atoms with Crippen molar-refractivity contribution in [2.24, 2.45) is 5.92 Å². The topological polar surface area (TPSA) is 38.3 Å². The van der Waals surface area contributed by atoms with Crippen LogP contribution in [0.1, 0.15) is 39.2 Å². The SMILES string of the molecule is CCCC(C)C(Nc1cc(C)cc(F)c1)C(=O)OCC. The molecule has 2 atom stereocenters. The maximum absolute atomic E-state index is 13.4. The zero-order chi connectivity index (χ0) is 15.1. The van der Waals surface area contributed by atoms with Crippen LogP contribution in [0.3, 0.4) is 0 Å². The number of nitrogens with one attached hydrogen (secondary N) is 1. The molecule has 0 heterocycles. The highest BCUT2D eigenvalue weighted by Gasteiger charge is 2.25. The fraction of sp³-hybridized carbons (Fsp3) is 0.562. The molecule has 1 aromatic carbocycles. The first kappa shape index (κ1) is 16.5. The predicted molar refractivity (Wildman–Crippen MR) is 79.3 cm³/mol. The first-order valence-electron chi connectivity index (χ1n) is 7.18. The van der Waals surface area contributed by atoms with E-state index in [9.17, 15) is 9.18 Å². The minimum Gasteiger partial charge on any atom is -0.464 e. The van der Waals surface area contributed by atoms with Crippen LogP contribution < -0.4 is 5.32 Å². The Kier molecular flexibility index (Phi) is 6.49. The van der Waals surface area contributed by atoms with E-state index in [4.69, 9.17) is 4.74 Å². The quantitative estimate of drug-likeness (QED) is 0.770. The summed E-state index contributed by atoms with van der Waals surface area (Å²) in [6.45, 7) is 8.03. The lowest BCUT2D eigenvalue weighted by Gasteiger charge is -2.24. The molecule has 0 bridgehead atoms. The second kappa shape index (κ2) is 7.88. The Bertz CT molecular complexity index is 428. The Hall–Kier alpha value is -1.58. The number of carbonyl (C=O) groups excluding carboxylic acids is 1. The molecule has 0 aliphatic carbocycles. The Morgan fingerprint density at radius 2 is 2.05 bits per heavy atom. The van der Waals surface area contributed by atoms with Crippen molar-refractivity contribution >= 4 is 11.7 Å². The lowest BCUT2D eigenvalue weighted by atomic mass is 9.96. The van der Waals surface area contributed by atoms with Gasteiger partial charge in [-0.3, -0.25) is 0 Å². The van der Waals surface area contributed by atoms with Crippen molar-refractivity contribution in [3.8, 4) is 0 Å². The average molecular weight is 281 g/mol. The standard InChI is InChI=1S/C16H24FNO2/c1-5-7-12(4)15(16(19)20-6-2)18-14-9-11(3)8-13(17)10-14/h8-10,12,15,18H,5-7H2,1-4H3. The third-order valence-corrected chi connectivity index (χ3v) is 3.22. The monoisotopic (exact) mass is 281 g/mol. The summed E-state index contributed by atoms with van der Waals surface area (Å²) in [7, 11) is 0. The molecule has 0 amide bonds. The molecule has 0 radical (unpaired) electrons. The van der Waals surface area contributed by atoms with Crippen molar-refractivity contribution in [2.75, 3.05) is 11.9 Å². The maximum Gasteiger partial charge on any atom is 0.328 e. The molecule has 1 aromatic rings. The van der Waals surface area contributed by atoms with Crippen LogP contribution in [0.15, 0.2) is 18.2 Å². The summed E-state index contributed by atoms with van der Waals surface area (Å²) in [5, 5.41) is 3.12. The van der Waals surface area contributed by atoms with Gasteiger partial charge in [0, 0.05) is 5.69 Å². The second-order valence-corrected chi connectivity index (χ2v) is 5.16. The van der Waals surface area contributed by atoms with E-state index < -0.39 is 6.04 Å². The predicted octanol–water partition coefficient (Wildman–Crippen LogP) is 3.91. The Morgan fingerprint density at radius 1 is 1.35 bits per heavy atom. The number of benzene rings is 1. The molecule has 0 spiro atoms. The van der Waals surface area contributed by atoms with Crippen LogP contribution in [0.4, 0.5) is 10.1 Å². The van der Waals surface area contributed by atoms with E-state index in [1.807, 2.05) is 19.9 Å². The lowest BCUT2D eigenvalue weighted by Crippen LogP contribution is -2.37. The minimum atomic E-state index is -0.448. The van der Waals surface area contributed by atoms with E-state index >= 15 is 0 Å². The van der Waals surface area contributed by atoms with Crippen LogP contribution in [0.2, 0.25) is 0 Å². The van der Waals surface area contributed by atoms with E-state index in [0.717, 1.165) is 18.4 Å². The molecule has 0 aliphatic heterocycles. The average Bonchev–Trinajstić information content (AvgIpc) is 2.35. The van der Waals surface area contributed by atoms with Gasteiger partial charge in [0.2, 0.25) is 0 Å². The third-order valence-electron chi connectivity index (χ3n) is 3.22. The smallest absolute Gasteiger partial charge is 0.328 e. The molecular weight excluding hydrogens is 257 g/mol. The van der Waals surface area contributed by atoms with Crippen molar-refractivity contribution in [1.29, 1.82) is 0 Å². The summed E-state index contributed by atoms with van der Waals surface area (Å²) in [6, 6.07) is 4.24. The van der Waals surface area contributed by atoms with E-state index in [2.05, 4.69) is 12.2 Å². The van der Waals surface area contributed by atoms with Gasteiger partial charge in [0.05, 0.1) is 6.61 Å². The summed E-state index contributed by atoms with van der Waals surface area (Å²) in [5.74, 6) is -0.462. The van der Waals surface area contributed by atoms with E-state index in [-0.39, 0.29) is 17.7 Å². The molecule has 0 saturated heterocycles. The normalized spacial score (nSPS) is 13.7. The number of hydrogen-bond acceptors (Lipinski definition) is 3. The van der Waals surface area contributed by atoms with Gasteiger partial charge in [-0.05, 0) is 49.9 Å². The molecule has 112 valence electrons. The summed E-state index contributed by atoms with van der Waals surface area (Å²) in [4.78, 5) is 12.1. The number of anilines is 1. The molecule has 2 unspecified atom stereocenters. The first-order chi connectivity index (χ1) is 9.47. The van der Waals surface area contributed by atoms with Crippen molar-refractivity contribution in [3.63, 3.8) is 0 Å². The van der Waals surface area contributed by atoms with Gasteiger partial charge in [0.25, 0.3) is 0 Å².